The Morgan fingerprint density at radius 3 is 1.03 bits per heavy atom. The first kappa shape index (κ1) is 75.3. The van der Waals surface area contributed by atoms with Gasteiger partial charge in [-0.3, -0.25) is 0 Å². The zero-order valence-corrected chi connectivity index (χ0v) is 73.7. The molecule has 0 N–H and O–H groups in total. The van der Waals surface area contributed by atoms with Gasteiger partial charge in [0.15, 0.2) is 0 Å². The van der Waals surface area contributed by atoms with Gasteiger partial charge in [-0.1, -0.05) is 309 Å². The molecule has 1 aliphatic rings. The summed E-state index contributed by atoms with van der Waals surface area (Å²) in [7, 11) is 0. The third-order valence-corrected chi connectivity index (χ3v) is 29.3. The lowest BCUT2D eigenvalue weighted by Gasteiger charge is -2.17. The van der Waals surface area contributed by atoms with Crippen LogP contribution >= 0.6 is 0 Å². The minimum absolute atomic E-state index is 0.816. The minimum atomic E-state index is 0.816. The first-order valence-corrected chi connectivity index (χ1v) is 46.9. The van der Waals surface area contributed by atoms with Gasteiger partial charge in [-0.2, -0.15) is 0 Å². The van der Waals surface area contributed by atoms with Crippen LogP contribution in [0.5, 0.6) is 0 Å². The second-order valence-corrected chi connectivity index (χ2v) is 36.5. The van der Waals surface area contributed by atoms with Crippen LogP contribution in [0, 0.1) is 0 Å². The van der Waals surface area contributed by atoms with Crippen molar-refractivity contribution in [2.75, 3.05) is 0 Å². The van der Waals surface area contributed by atoms with Gasteiger partial charge >= 0.3 is 0 Å². The topological polar surface area (TPSA) is 84.4 Å². The molecule has 0 amide bonds. The lowest BCUT2D eigenvalue weighted by molar-refractivity contribution is 0.669. The molecule has 0 spiro atoms. The summed E-state index contributed by atoms with van der Waals surface area (Å²) < 4.78 is 16.2. The summed E-state index contributed by atoms with van der Waals surface area (Å²) in [5.41, 5.74) is 31.8. The van der Waals surface area contributed by atoms with Gasteiger partial charge in [0.1, 0.15) is 11.2 Å². The molecule has 0 atom stereocenters. The summed E-state index contributed by atoms with van der Waals surface area (Å²) in [4.78, 5) is 21.7. The highest BCUT2D eigenvalue weighted by atomic mass is 16.3. The molecule has 0 aliphatic heterocycles. The Morgan fingerprint density at radius 2 is 0.518 bits per heavy atom. The number of fused-ring (bicyclic) bond motifs is 28. The third kappa shape index (κ3) is 11.1. The van der Waals surface area contributed by atoms with Gasteiger partial charge in [-0.15, -0.1) is 0 Å². The molecule has 0 saturated heterocycles. The van der Waals surface area contributed by atoms with E-state index in [1.54, 1.807) is 0 Å². The quantitative estimate of drug-likeness (QED) is 0.151. The van der Waals surface area contributed by atoms with E-state index in [1.165, 1.54) is 152 Å². The van der Waals surface area contributed by atoms with Crippen molar-refractivity contribution in [1.82, 2.24) is 38.2 Å². The Morgan fingerprint density at radius 1 is 0.168 bits per heavy atom. The molecule has 0 bridgehead atoms. The zero-order valence-electron chi connectivity index (χ0n) is 73.7. The van der Waals surface area contributed by atoms with Crippen molar-refractivity contribution in [3.63, 3.8) is 0 Å². The molecule has 7 aromatic heterocycles. The fourth-order valence-electron chi connectivity index (χ4n) is 23.2. The van der Waals surface area contributed by atoms with Crippen LogP contribution in [0.1, 0.15) is 0 Å². The van der Waals surface area contributed by atoms with Crippen molar-refractivity contribution in [3.8, 4) is 90.0 Å². The smallest absolute Gasteiger partial charge is 0.136 e. The molecule has 0 unspecified atom stereocenters. The van der Waals surface area contributed by atoms with Gasteiger partial charge in [0, 0.05) is 109 Å². The number of benzene rings is 23. The molecule has 1 aliphatic carbocycles. The highest BCUT2D eigenvalue weighted by Gasteiger charge is 2.29. The summed E-state index contributed by atoms with van der Waals surface area (Å²) in [6.45, 7) is 0. The maximum absolute atomic E-state index is 6.39. The fraction of sp³-hybridized carbons (Fsp3) is 0. The second-order valence-electron chi connectivity index (χ2n) is 36.5. The molecule has 0 saturated carbocycles. The van der Waals surface area contributed by atoms with Crippen LogP contribution in [0.3, 0.4) is 0 Å². The molecule has 632 valence electrons. The van der Waals surface area contributed by atoms with Crippen molar-refractivity contribution in [1.29, 1.82) is 0 Å². The lowest BCUT2D eigenvalue weighted by Crippen LogP contribution is -1.99. The van der Waals surface area contributed by atoms with Gasteiger partial charge in [-0.05, 0) is 216 Å². The molecule has 0 fully saturated rings. The summed E-state index contributed by atoms with van der Waals surface area (Å²) in [6, 6.07) is 163. The first-order chi connectivity index (χ1) is 67.9. The Hall–Kier alpha value is -18.4. The van der Waals surface area contributed by atoms with E-state index in [0.29, 0.717) is 0 Å². The molecule has 23 aromatic carbocycles. The predicted octanol–water partition coefficient (Wildman–Crippen LogP) is 33.9. The summed E-state index contributed by atoms with van der Waals surface area (Å²) in [6.07, 6.45) is 0. The van der Waals surface area contributed by atoms with Crippen molar-refractivity contribution in [3.05, 3.63) is 449 Å². The van der Waals surface area contributed by atoms with Gasteiger partial charge in [0.05, 0.1) is 100 Å². The fourth-order valence-corrected chi connectivity index (χ4v) is 23.2. The van der Waals surface area contributed by atoms with Crippen LogP contribution in [-0.4, -0.2) is 38.2 Å². The van der Waals surface area contributed by atoms with Crippen molar-refractivity contribution < 1.29 is 4.42 Å². The number of rotatable bonds is 8. The van der Waals surface area contributed by atoms with E-state index in [1.807, 2.05) is 36.4 Å². The Kier molecular flexibility index (Phi) is 15.9. The summed E-state index contributed by atoms with van der Waals surface area (Å²) in [5, 5.41) is 28.8. The number of para-hydroxylation sites is 9. The van der Waals surface area contributed by atoms with Crippen molar-refractivity contribution >= 4 is 207 Å². The standard InChI is InChI=1S/C66H38N4.C62H36N4O/c1-2-15-43-39(14-1)29-31-55-48-20-7-11-26-59(48)69(66(43)55)42-30-28-40-38-62-56(37-41(40)36-42)49-21-8-12-27-60(49)70(62)61-35-34-53(46-18-5-6-19-47(46)61)64-65(68-58-25-10-9-24-57(58)67-64)54-33-32-52-45-17-4-3-16-44(45)50-22-13-23-51(54)63(50)52;1-2-14-42-37(13-1)26-30-50-45-17-5-10-22-54(45)65(62(42)50)41-28-25-38-35-57-51(34-40(38)33-41)46-18-6-11-23-55(46)66(57)56-32-31-49(43-15-3-4-16-44(43)56)61-60(63-52-20-8-9-21-53(52)64-61)39-27-29-48-47-19-7-12-24-58(47)67-59(48)36-39/h1-38H;1-36H. The molecule has 9 nitrogen and oxygen atoms in total. The number of hydrogen-bond acceptors (Lipinski definition) is 5. The van der Waals surface area contributed by atoms with Crippen LogP contribution in [0.15, 0.2) is 453 Å². The van der Waals surface area contributed by atoms with E-state index in [0.717, 1.165) is 144 Å². The van der Waals surface area contributed by atoms with Crippen LogP contribution < -0.4 is 0 Å². The molecule has 9 heteroatoms. The Balaban J connectivity index is 0.000000130. The van der Waals surface area contributed by atoms with Crippen LogP contribution in [0.25, 0.3) is 297 Å². The predicted molar refractivity (Wildman–Crippen MR) is 572 cm³/mol. The van der Waals surface area contributed by atoms with Crippen LogP contribution in [0.2, 0.25) is 0 Å². The molecule has 30 aromatic rings. The number of furan rings is 1. The minimum Gasteiger partial charge on any atom is -0.456 e. The van der Waals surface area contributed by atoms with Crippen LogP contribution in [-0.2, 0) is 0 Å². The molecule has 7 heterocycles. The summed E-state index contributed by atoms with van der Waals surface area (Å²) >= 11 is 0. The monoisotopic (exact) mass is 1740 g/mol. The lowest BCUT2D eigenvalue weighted by atomic mass is 9.93. The van der Waals surface area contributed by atoms with E-state index < -0.39 is 0 Å². The third-order valence-electron chi connectivity index (χ3n) is 29.3. The van der Waals surface area contributed by atoms with Crippen molar-refractivity contribution in [2.45, 2.75) is 0 Å². The summed E-state index contributed by atoms with van der Waals surface area (Å²) in [5.74, 6) is 0. The average Bonchev–Trinajstić information content (AvgIpc) is 1.60. The molecule has 0 radical (unpaired) electrons. The highest BCUT2D eigenvalue weighted by molar-refractivity contribution is 6.25. The SMILES string of the molecule is c1ccc2c(c1)-c1cccc3c(-c4nc5ccccc5nc4-c4ccc(-n5c6ccccc6c6cc7cc(-n8c9ccccc9c9ccc%10ccccc%10c98)ccc7cc65)c5ccccc45)ccc-2c13.c1ccc2c(c1)ccc1c3ccccc3n(-c3ccc4cc5c(cc4c3)c3ccccc3n5-c3ccc(-c4nc5ccccc5nc4-c4ccc5c(c4)oc4ccccc45)c4ccccc34)c21. The molecule has 31 rings (SSSR count). The van der Waals surface area contributed by atoms with E-state index in [4.69, 9.17) is 24.4 Å². The number of hydrogen-bond donors (Lipinski definition) is 0. The molecular formula is C128H74N8O. The van der Waals surface area contributed by atoms with Crippen LogP contribution in [0.4, 0.5) is 0 Å². The van der Waals surface area contributed by atoms with Crippen molar-refractivity contribution in [2.24, 2.45) is 0 Å². The second kappa shape index (κ2) is 29.0. The van der Waals surface area contributed by atoms with Gasteiger partial charge in [0.2, 0.25) is 0 Å². The highest BCUT2D eigenvalue weighted by Crippen LogP contribution is 2.53. The molecular weight excluding hydrogens is 1670 g/mol. The largest absolute Gasteiger partial charge is 0.456 e. The Labute approximate surface area is 782 Å². The zero-order chi connectivity index (χ0) is 89.3. The molecule has 137 heavy (non-hydrogen) atoms. The van der Waals surface area contributed by atoms with Gasteiger partial charge < -0.3 is 22.7 Å². The van der Waals surface area contributed by atoms with E-state index >= 15 is 0 Å². The first-order valence-electron chi connectivity index (χ1n) is 46.9. The van der Waals surface area contributed by atoms with Gasteiger partial charge in [-0.25, -0.2) is 19.9 Å². The number of aromatic nitrogens is 8. The average molecular weight is 1740 g/mol. The van der Waals surface area contributed by atoms with E-state index in [9.17, 15) is 0 Å². The maximum Gasteiger partial charge on any atom is 0.136 e. The van der Waals surface area contributed by atoms with E-state index in [-0.39, 0.29) is 0 Å². The Bertz CT molecular complexity index is 10500. The number of nitrogens with zero attached hydrogens (tertiary/aromatic N) is 8. The van der Waals surface area contributed by atoms with E-state index in [2.05, 4.69) is 431 Å². The van der Waals surface area contributed by atoms with Gasteiger partial charge in [0.25, 0.3) is 0 Å². The normalized spacial score (nSPS) is 12.2. The maximum atomic E-state index is 6.39.